The highest BCUT2D eigenvalue weighted by Crippen LogP contribution is 2.42. The Bertz CT molecular complexity index is 1080. The third-order valence-electron chi connectivity index (χ3n) is 6.40. The Morgan fingerprint density at radius 3 is 2.57 bits per heavy atom. The maximum atomic E-state index is 15.2. The summed E-state index contributed by atoms with van der Waals surface area (Å²) in [5.74, 6) is -1.90. The Balaban J connectivity index is 1.58. The summed E-state index contributed by atoms with van der Waals surface area (Å²) >= 11 is 6.72. The lowest BCUT2D eigenvalue weighted by atomic mass is 10.1. The van der Waals surface area contributed by atoms with Gasteiger partial charge in [0, 0.05) is 44.5 Å². The summed E-state index contributed by atoms with van der Waals surface area (Å²) in [6.07, 6.45) is 4.02. The minimum Gasteiger partial charge on any atom is -0.477 e. The molecule has 9 heteroatoms. The quantitative estimate of drug-likeness (QED) is 0.796. The van der Waals surface area contributed by atoms with Crippen LogP contribution in [0.2, 0.25) is 5.02 Å². The van der Waals surface area contributed by atoms with Crippen LogP contribution in [0.15, 0.2) is 17.1 Å². The van der Waals surface area contributed by atoms with Gasteiger partial charge in [-0.2, -0.15) is 0 Å². The number of aromatic nitrogens is 1. The maximum absolute atomic E-state index is 15.2. The van der Waals surface area contributed by atoms with E-state index in [4.69, 9.17) is 16.3 Å². The van der Waals surface area contributed by atoms with Gasteiger partial charge in [-0.05, 0) is 25.3 Å². The summed E-state index contributed by atoms with van der Waals surface area (Å²) in [7, 11) is 0. The number of hydrogen-bond donors (Lipinski definition) is 1. The fourth-order valence-electron chi connectivity index (χ4n) is 4.70. The molecule has 2 saturated heterocycles. The van der Waals surface area contributed by atoms with Crippen molar-refractivity contribution in [2.45, 2.75) is 31.3 Å². The normalized spacial score (nSPS) is 22.7. The van der Waals surface area contributed by atoms with Crippen LogP contribution in [0.3, 0.4) is 0 Å². The largest absolute Gasteiger partial charge is 0.477 e. The van der Waals surface area contributed by atoms with Crippen molar-refractivity contribution >= 4 is 34.2 Å². The first-order valence-electron chi connectivity index (χ1n) is 10.3. The SMILES string of the molecule is O=C(O)c1cn(C2CC2)c2c(Cl)c(N3CCC(N4CCOCC4)C3)c(F)cc2c1=O. The number of benzene rings is 1. The van der Waals surface area contributed by atoms with Crippen LogP contribution in [-0.4, -0.2) is 66.0 Å². The number of pyridine rings is 1. The van der Waals surface area contributed by atoms with Gasteiger partial charge < -0.3 is 19.3 Å². The van der Waals surface area contributed by atoms with Crippen molar-refractivity contribution in [3.8, 4) is 0 Å². The molecule has 0 bridgehead atoms. The summed E-state index contributed by atoms with van der Waals surface area (Å²) in [5, 5.41) is 9.62. The number of anilines is 1. The Hall–Kier alpha value is -2.16. The summed E-state index contributed by atoms with van der Waals surface area (Å²) in [5.41, 5.74) is -0.322. The van der Waals surface area contributed by atoms with Gasteiger partial charge >= 0.3 is 5.97 Å². The number of rotatable bonds is 4. The molecule has 2 aromatic rings. The highest BCUT2D eigenvalue weighted by molar-refractivity contribution is 6.38. The van der Waals surface area contributed by atoms with E-state index in [9.17, 15) is 14.7 Å². The van der Waals surface area contributed by atoms with E-state index in [0.29, 0.717) is 43.5 Å². The molecular formula is C21H23ClFN3O4. The van der Waals surface area contributed by atoms with Crippen LogP contribution in [0.1, 0.15) is 35.7 Å². The number of halogens is 2. The van der Waals surface area contributed by atoms with E-state index < -0.39 is 17.2 Å². The van der Waals surface area contributed by atoms with E-state index in [1.54, 1.807) is 4.57 Å². The van der Waals surface area contributed by atoms with Gasteiger partial charge in [-0.3, -0.25) is 9.69 Å². The van der Waals surface area contributed by atoms with Crippen molar-refractivity contribution in [2.24, 2.45) is 0 Å². The van der Waals surface area contributed by atoms with Gasteiger partial charge in [0.2, 0.25) is 5.43 Å². The average molecular weight is 436 g/mol. The second-order valence-electron chi connectivity index (χ2n) is 8.27. The molecule has 0 radical (unpaired) electrons. The van der Waals surface area contributed by atoms with Gasteiger partial charge in [0.1, 0.15) is 11.4 Å². The summed E-state index contributed by atoms with van der Waals surface area (Å²) in [6, 6.07) is 1.55. The zero-order valence-electron chi connectivity index (χ0n) is 16.4. The minimum absolute atomic E-state index is 0.0250. The van der Waals surface area contributed by atoms with Crippen LogP contribution in [0.25, 0.3) is 10.9 Å². The van der Waals surface area contributed by atoms with Crippen LogP contribution >= 0.6 is 11.6 Å². The van der Waals surface area contributed by atoms with Crippen LogP contribution in [-0.2, 0) is 4.74 Å². The van der Waals surface area contributed by atoms with Crippen molar-refractivity contribution < 1.29 is 19.0 Å². The maximum Gasteiger partial charge on any atom is 0.341 e. The third kappa shape index (κ3) is 3.27. The van der Waals surface area contributed by atoms with Crippen molar-refractivity contribution in [3.63, 3.8) is 0 Å². The number of nitrogens with zero attached hydrogens (tertiary/aromatic N) is 3. The van der Waals surface area contributed by atoms with E-state index in [1.807, 2.05) is 4.90 Å². The van der Waals surface area contributed by atoms with Crippen LogP contribution in [0.4, 0.5) is 10.1 Å². The molecule has 30 heavy (non-hydrogen) atoms. The van der Waals surface area contributed by atoms with Crippen molar-refractivity contribution in [1.82, 2.24) is 9.47 Å². The zero-order valence-corrected chi connectivity index (χ0v) is 17.2. The Morgan fingerprint density at radius 2 is 1.90 bits per heavy atom. The molecule has 1 unspecified atom stereocenters. The molecule has 3 fully saturated rings. The molecular weight excluding hydrogens is 413 g/mol. The molecule has 1 aromatic heterocycles. The highest BCUT2D eigenvalue weighted by atomic mass is 35.5. The van der Waals surface area contributed by atoms with Gasteiger partial charge in [-0.25, -0.2) is 9.18 Å². The molecule has 2 aliphatic heterocycles. The predicted molar refractivity (Wildman–Crippen MR) is 111 cm³/mol. The van der Waals surface area contributed by atoms with Crippen LogP contribution in [0, 0.1) is 5.82 Å². The standard InChI is InChI=1S/C21H23ClFN3O4/c22-17-18-14(20(27)15(21(28)29)11-26(18)12-1-2-12)9-16(23)19(17)25-4-3-13(10-25)24-5-7-30-8-6-24/h9,11-13H,1-8,10H2,(H,28,29). The lowest BCUT2D eigenvalue weighted by molar-refractivity contribution is 0.0209. The van der Waals surface area contributed by atoms with Crippen LogP contribution in [0.5, 0.6) is 0 Å². The van der Waals surface area contributed by atoms with Crippen LogP contribution < -0.4 is 10.3 Å². The van der Waals surface area contributed by atoms with Gasteiger partial charge in [0.25, 0.3) is 0 Å². The van der Waals surface area contributed by atoms with E-state index in [2.05, 4.69) is 4.90 Å². The van der Waals surface area contributed by atoms with Gasteiger partial charge in [-0.15, -0.1) is 0 Å². The lowest BCUT2D eigenvalue weighted by Crippen LogP contribution is -2.44. The molecule has 3 aliphatic rings. The van der Waals surface area contributed by atoms with Crippen molar-refractivity contribution in [3.05, 3.63) is 38.9 Å². The smallest absolute Gasteiger partial charge is 0.341 e. The second kappa shape index (κ2) is 7.51. The molecule has 160 valence electrons. The highest BCUT2D eigenvalue weighted by Gasteiger charge is 2.34. The van der Waals surface area contributed by atoms with Gasteiger partial charge in [0.15, 0.2) is 0 Å². The first-order valence-corrected chi connectivity index (χ1v) is 10.7. The van der Waals surface area contributed by atoms with Crippen molar-refractivity contribution in [1.29, 1.82) is 0 Å². The zero-order chi connectivity index (χ0) is 21.0. The molecule has 0 amide bonds. The van der Waals surface area contributed by atoms with E-state index in [-0.39, 0.29) is 22.0 Å². The molecule has 5 rings (SSSR count). The summed E-state index contributed by atoms with van der Waals surface area (Å²) < 4.78 is 22.4. The number of morpholine rings is 1. The molecule has 1 atom stereocenters. The topological polar surface area (TPSA) is 75.0 Å². The number of fused-ring (bicyclic) bond motifs is 1. The molecule has 1 aromatic carbocycles. The molecule has 3 heterocycles. The van der Waals surface area contributed by atoms with Crippen molar-refractivity contribution in [2.75, 3.05) is 44.3 Å². The number of ether oxygens (including phenoxy) is 1. The lowest BCUT2D eigenvalue weighted by Gasteiger charge is -2.32. The Labute approximate surface area is 177 Å². The fourth-order valence-corrected chi connectivity index (χ4v) is 5.11. The van der Waals surface area contributed by atoms with E-state index in [0.717, 1.165) is 38.4 Å². The Kier molecular flexibility index (Phi) is 4.95. The summed E-state index contributed by atoms with van der Waals surface area (Å²) in [4.78, 5) is 28.6. The second-order valence-corrected chi connectivity index (χ2v) is 8.65. The Morgan fingerprint density at radius 1 is 1.17 bits per heavy atom. The number of hydrogen-bond acceptors (Lipinski definition) is 5. The van der Waals surface area contributed by atoms with Gasteiger partial charge in [-0.1, -0.05) is 11.6 Å². The minimum atomic E-state index is -1.31. The number of aromatic carboxylic acids is 1. The molecule has 7 nitrogen and oxygen atoms in total. The fraction of sp³-hybridized carbons (Fsp3) is 0.524. The first kappa shape index (κ1) is 19.8. The van der Waals surface area contributed by atoms with Gasteiger partial charge in [0.05, 0.1) is 34.8 Å². The monoisotopic (exact) mass is 435 g/mol. The molecule has 1 aliphatic carbocycles. The molecule has 1 saturated carbocycles. The number of carboxylic acid groups (broad SMARTS) is 1. The van der Waals surface area contributed by atoms with E-state index >= 15 is 4.39 Å². The predicted octanol–water partition coefficient (Wildman–Crippen LogP) is 2.74. The first-order chi connectivity index (χ1) is 14.5. The van der Waals surface area contributed by atoms with E-state index in [1.165, 1.54) is 6.20 Å². The molecule has 1 N–H and O–H groups in total. The number of carboxylic acids is 1. The third-order valence-corrected chi connectivity index (χ3v) is 6.75. The average Bonchev–Trinajstić information content (AvgIpc) is 3.46. The number of carbonyl (C=O) groups is 1. The molecule has 0 spiro atoms. The summed E-state index contributed by atoms with van der Waals surface area (Å²) in [6.45, 7) is 4.48.